The fraction of sp³-hybridized carbons (Fsp3) is 0.0141. The molecule has 145 heavy (non-hydrogen) atoms. The zero-order chi connectivity index (χ0) is 95.5. The smallest absolute Gasteiger partial charge is 0.136 e. The van der Waals surface area contributed by atoms with Crippen molar-refractivity contribution in [3.05, 3.63) is 539 Å². The first-order valence-electron chi connectivity index (χ1n) is 50.1. The highest BCUT2D eigenvalue weighted by Gasteiger charge is 2.29. The largest absolute Gasteiger partial charge is 0.456 e. The molecule has 2 atom stereocenters. The van der Waals surface area contributed by atoms with Crippen LogP contribution in [0.2, 0.25) is 0 Å². The second kappa shape index (κ2) is 35.2. The van der Waals surface area contributed by atoms with E-state index >= 15 is 0 Å². The highest BCUT2D eigenvalue weighted by molar-refractivity contribution is 6.27. The SMILES string of the molecule is C1=CC2C=Cc3c(-c4cccc5oc6ccc(-c7c8ccccc8c(-c8ccccc8)c8ccccc78)cc6c45)cccc3C2C=C1.c1ccc(-c2c3ccccc3c(-c3ccc4oc5ccc(-c6cc7ccccc7c7ccccc67)cc5c4c3)c3ccccc23)cc1.c1ccc(-c2ccc(-c3ccc4c(c3)oc3ccc(-c5c6ccccc6c(-c6ccccc6)c6ccccc56)cc34)c(-c3ccccc3)c2)cc1. The molecule has 676 valence electrons. The van der Waals surface area contributed by atoms with Gasteiger partial charge in [0, 0.05) is 44.2 Å². The van der Waals surface area contributed by atoms with Gasteiger partial charge in [-0.05, 0) is 299 Å². The normalized spacial score (nSPS) is 13.3. The lowest BCUT2D eigenvalue weighted by atomic mass is 9.75. The summed E-state index contributed by atoms with van der Waals surface area (Å²) in [5.74, 6) is 0.779. The van der Waals surface area contributed by atoms with Crippen LogP contribution in [0, 0.1) is 5.92 Å². The van der Waals surface area contributed by atoms with E-state index in [2.05, 4.69) is 534 Å². The van der Waals surface area contributed by atoms with Crippen molar-refractivity contribution in [2.45, 2.75) is 5.92 Å². The topological polar surface area (TPSA) is 39.4 Å². The van der Waals surface area contributed by atoms with E-state index in [9.17, 15) is 0 Å². The summed E-state index contributed by atoms with van der Waals surface area (Å²) >= 11 is 0. The van der Waals surface area contributed by atoms with E-state index in [4.69, 9.17) is 13.3 Å². The number of allylic oxidation sites excluding steroid dienone is 5. The first-order valence-corrected chi connectivity index (χ1v) is 50.1. The number of furan rings is 3. The fourth-order valence-corrected chi connectivity index (χ4v) is 23.9. The Morgan fingerprint density at radius 3 is 1.00 bits per heavy atom. The maximum absolute atomic E-state index is 6.60. The van der Waals surface area contributed by atoms with Gasteiger partial charge in [-0.2, -0.15) is 0 Å². The number of hydrogen-bond acceptors (Lipinski definition) is 3. The van der Waals surface area contributed by atoms with Crippen LogP contribution in [0.15, 0.2) is 541 Å². The van der Waals surface area contributed by atoms with Crippen LogP contribution in [0.5, 0.6) is 0 Å². The van der Waals surface area contributed by atoms with Crippen molar-refractivity contribution in [3.63, 3.8) is 0 Å². The predicted molar refractivity (Wildman–Crippen MR) is 615 cm³/mol. The van der Waals surface area contributed by atoms with E-state index < -0.39 is 0 Å². The maximum atomic E-state index is 6.60. The van der Waals surface area contributed by atoms with Gasteiger partial charge < -0.3 is 13.3 Å². The summed E-state index contributed by atoms with van der Waals surface area (Å²) < 4.78 is 19.6. The van der Waals surface area contributed by atoms with Crippen LogP contribution in [-0.4, -0.2) is 0 Å². The summed E-state index contributed by atoms with van der Waals surface area (Å²) in [5, 5.41) is 26.9. The molecule has 3 heteroatoms. The Morgan fingerprint density at radius 2 is 0.503 bits per heavy atom. The van der Waals surface area contributed by atoms with E-state index in [1.807, 2.05) is 0 Å². The Labute approximate surface area is 838 Å². The zero-order valence-electron chi connectivity index (χ0n) is 79.2. The van der Waals surface area contributed by atoms with Gasteiger partial charge in [0.2, 0.25) is 0 Å². The second-order valence-corrected chi connectivity index (χ2v) is 38.4. The van der Waals surface area contributed by atoms with Crippen molar-refractivity contribution in [1.29, 1.82) is 0 Å². The van der Waals surface area contributed by atoms with Gasteiger partial charge >= 0.3 is 0 Å². The van der Waals surface area contributed by atoms with Crippen LogP contribution in [0.25, 0.3) is 280 Å². The third-order valence-corrected chi connectivity index (χ3v) is 30.3. The lowest BCUT2D eigenvalue weighted by molar-refractivity contribution is 0.668. The van der Waals surface area contributed by atoms with Gasteiger partial charge in [-0.15, -0.1) is 0 Å². The first kappa shape index (κ1) is 84.3. The van der Waals surface area contributed by atoms with E-state index in [0.717, 1.165) is 66.0 Å². The second-order valence-electron chi connectivity index (χ2n) is 38.4. The number of fused-ring (bicyclic) bond motifs is 21. The standard InChI is InChI=1S/C50H32O.C46H30O.C46H28O/c1-4-14-33(15-5-1)36-24-27-39(45(30-36)34-16-6-2-7-17-34)37-25-28-40-46-31-38(26-29-47(46)51-48(40)32-37)50-43-22-12-10-20-41(43)49(35-18-8-3-9-19-35)42-21-11-13-23-44(42)50;1-2-13-30(14-3-1)44-37-16-6-8-18-39(37)45(40-19-9-7-17-38(40)44)31-25-27-42-41(28-31)46-36(22-11-23-43(46)47-42)34-21-10-20-33-32-15-5-4-12-29(32)24-26-35(33)34;1-2-12-29(13-3-1)45-36-18-8-10-20-38(36)46(39-21-11-9-19-37(39)45)32-23-25-44-42(28-32)41-27-31(22-24-43(41)47-44)40-26-30-14-4-5-15-33(30)34-16-6-7-17-35(34)40/h1-32H;1-29,32H;1-28H. The van der Waals surface area contributed by atoms with Crippen LogP contribution in [0.4, 0.5) is 0 Å². The minimum Gasteiger partial charge on any atom is -0.456 e. The van der Waals surface area contributed by atoms with Gasteiger partial charge in [-0.3, -0.25) is 0 Å². The number of hydrogen-bond donors (Lipinski definition) is 0. The molecular weight excluding hydrogens is 1750 g/mol. The van der Waals surface area contributed by atoms with E-state index in [0.29, 0.717) is 11.8 Å². The minimum absolute atomic E-state index is 0.368. The molecule has 0 fully saturated rings. The number of rotatable bonds is 11. The predicted octanol–water partition coefficient (Wildman–Crippen LogP) is 40.2. The molecule has 25 aromatic carbocycles. The molecule has 0 radical (unpaired) electrons. The highest BCUT2D eigenvalue weighted by Crippen LogP contribution is 2.53. The van der Waals surface area contributed by atoms with Crippen molar-refractivity contribution in [2.24, 2.45) is 5.92 Å². The molecule has 3 nitrogen and oxygen atoms in total. The van der Waals surface area contributed by atoms with E-state index in [1.54, 1.807) is 0 Å². The first-order chi connectivity index (χ1) is 71.9. The van der Waals surface area contributed by atoms with Crippen molar-refractivity contribution >= 4 is 158 Å². The van der Waals surface area contributed by atoms with Gasteiger partial charge in [-0.25, -0.2) is 0 Å². The Morgan fingerprint density at radius 1 is 0.152 bits per heavy atom. The third-order valence-electron chi connectivity index (χ3n) is 30.3. The van der Waals surface area contributed by atoms with Crippen LogP contribution in [-0.2, 0) is 0 Å². The molecule has 0 spiro atoms. The summed E-state index contributed by atoms with van der Waals surface area (Å²) in [7, 11) is 0. The van der Waals surface area contributed by atoms with Crippen molar-refractivity contribution in [1.82, 2.24) is 0 Å². The molecule has 2 aliphatic rings. The molecule has 3 aromatic heterocycles. The summed E-state index contributed by atoms with van der Waals surface area (Å²) in [6.07, 6.45) is 13.7. The summed E-state index contributed by atoms with van der Waals surface area (Å²) in [4.78, 5) is 0. The molecule has 2 unspecified atom stereocenters. The van der Waals surface area contributed by atoms with Crippen molar-refractivity contribution < 1.29 is 13.3 Å². The molecule has 0 aliphatic heterocycles. The Balaban J connectivity index is 0.000000106. The maximum Gasteiger partial charge on any atom is 0.136 e. The van der Waals surface area contributed by atoms with Gasteiger partial charge in [0.15, 0.2) is 0 Å². The van der Waals surface area contributed by atoms with Gasteiger partial charge in [0.1, 0.15) is 33.5 Å². The average Bonchev–Trinajstić information content (AvgIpc) is 1.73. The highest BCUT2D eigenvalue weighted by atomic mass is 16.3. The molecule has 2 aliphatic carbocycles. The Hall–Kier alpha value is -18.8. The molecule has 0 saturated heterocycles. The molecule has 0 amide bonds. The quantitative estimate of drug-likeness (QED) is 0.0957. The summed E-state index contributed by atoms with van der Waals surface area (Å²) in [5.41, 5.74) is 35.0. The molecule has 0 bridgehead atoms. The van der Waals surface area contributed by atoms with Crippen LogP contribution >= 0.6 is 0 Å². The zero-order valence-corrected chi connectivity index (χ0v) is 79.2. The van der Waals surface area contributed by atoms with Gasteiger partial charge in [-0.1, -0.05) is 455 Å². The van der Waals surface area contributed by atoms with E-state index in [1.165, 1.54) is 220 Å². The average molecular weight is 1840 g/mol. The van der Waals surface area contributed by atoms with Crippen LogP contribution in [0.1, 0.15) is 17.0 Å². The monoisotopic (exact) mass is 1840 g/mol. The molecule has 3 heterocycles. The molecule has 30 rings (SSSR count). The Kier molecular flexibility index (Phi) is 20.5. The molecule has 0 saturated carbocycles. The van der Waals surface area contributed by atoms with Crippen molar-refractivity contribution in [3.8, 4) is 122 Å². The van der Waals surface area contributed by atoms with Gasteiger partial charge in [0.05, 0.1) is 0 Å². The number of benzene rings is 25. The Bertz CT molecular complexity index is 10000. The van der Waals surface area contributed by atoms with Crippen molar-refractivity contribution in [2.75, 3.05) is 0 Å². The fourth-order valence-electron chi connectivity index (χ4n) is 23.9. The lowest BCUT2D eigenvalue weighted by Crippen LogP contribution is -2.13. The molecular formula is C142H90O3. The summed E-state index contributed by atoms with van der Waals surface area (Å²) in [6.45, 7) is 0. The van der Waals surface area contributed by atoms with Crippen LogP contribution < -0.4 is 0 Å². The van der Waals surface area contributed by atoms with E-state index in [-0.39, 0.29) is 0 Å². The third kappa shape index (κ3) is 14.4. The molecule has 0 N–H and O–H groups in total. The summed E-state index contributed by atoms with van der Waals surface area (Å²) in [6, 6.07) is 180. The molecule has 28 aromatic rings. The van der Waals surface area contributed by atoms with Gasteiger partial charge in [0.25, 0.3) is 0 Å². The van der Waals surface area contributed by atoms with Crippen LogP contribution in [0.3, 0.4) is 0 Å². The lowest BCUT2D eigenvalue weighted by Gasteiger charge is -2.28. The minimum atomic E-state index is 0.368.